The van der Waals surface area contributed by atoms with E-state index in [0.717, 1.165) is 24.8 Å². The van der Waals surface area contributed by atoms with Crippen LogP contribution < -0.4 is 0 Å². The van der Waals surface area contributed by atoms with Gasteiger partial charge in [0.25, 0.3) is 0 Å². The van der Waals surface area contributed by atoms with Gasteiger partial charge in [-0.05, 0) is 18.2 Å². The summed E-state index contributed by atoms with van der Waals surface area (Å²) in [5, 5.41) is 3.29. The maximum atomic E-state index is 12.7. The highest BCUT2D eigenvalue weighted by atomic mass is 32.2. The summed E-state index contributed by atoms with van der Waals surface area (Å²) in [6.45, 7) is 0. The zero-order chi connectivity index (χ0) is 15.8. The van der Waals surface area contributed by atoms with Crippen LogP contribution in [-0.2, 0) is 16.0 Å². The van der Waals surface area contributed by atoms with Gasteiger partial charge in [-0.25, -0.2) is 8.42 Å². The lowest BCUT2D eigenvalue weighted by atomic mass is 10.0. The molecular weight excluding hydrogens is 311 g/mol. The Kier molecular flexibility index (Phi) is 3.62. The highest BCUT2D eigenvalue weighted by molar-refractivity contribution is 7.90. The zero-order valence-electron chi connectivity index (χ0n) is 10.5. The molecule has 0 saturated heterocycles. The van der Waals surface area contributed by atoms with Crippen molar-refractivity contribution in [1.82, 2.24) is 5.16 Å². The van der Waals surface area contributed by atoms with E-state index in [4.69, 9.17) is 0 Å². The van der Waals surface area contributed by atoms with Crippen molar-refractivity contribution in [2.24, 2.45) is 0 Å². The number of hydrogen-bond acceptors (Lipinski definition) is 5. The van der Waals surface area contributed by atoms with E-state index in [-0.39, 0.29) is 11.1 Å². The highest BCUT2D eigenvalue weighted by Crippen LogP contribution is 2.32. The predicted octanol–water partition coefficient (Wildman–Crippen LogP) is 2.33. The minimum Gasteiger partial charge on any atom is -0.364 e. The van der Waals surface area contributed by atoms with Crippen molar-refractivity contribution in [2.45, 2.75) is 11.1 Å². The molecule has 0 fully saturated rings. The van der Waals surface area contributed by atoms with E-state index in [9.17, 15) is 26.4 Å². The van der Waals surface area contributed by atoms with Crippen LogP contribution in [0.5, 0.6) is 0 Å². The van der Waals surface area contributed by atoms with Crippen LogP contribution in [0.4, 0.5) is 13.2 Å². The van der Waals surface area contributed by atoms with Crippen molar-refractivity contribution < 1.29 is 30.9 Å². The van der Waals surface area contributed by atoms with Crippen molar-refractivity contribution >= 4 is 15.6 Å². The Morgan fingerprint density at radius 2 is 1.95 bits per heavy atom. The SMILES string of the molecule is CS(=O)(=O)c1cc(C(F)(F)F)ccc1C(=O)c1cnoc1. The lowest BCUT2D eigenvalue weighted by Crippen LogP contribution is -2.12. The van der Waals surface area contributed by atoms with E-state index in [0.29, 0.717) is 12.1 Å². The number of rotatable bonds is 3. The number of hydrogen-bond donors (Lipinski definition) is 0. The Labute approximate surface area is 117 Å². The second-order valence-electron chi connectivity index (χ2n) is 4.22. The smallest absolute Gasteiger partial charge is 0.364 e. The molecule has 0 spiro atoms. The summed E-state index contributed by atoms with van der Waals surface area (Å²) in [6.07, 6.45) is -1.96. The van der Waals surface area contributed by atoms with Gasteiger partial charge in [-0.1, -0.05) is 5.16 Å². The van der Waals surface area contributed by atoms with E-state index in [1.807, 2.05) is 0 Å². The number of ketones is 1. The molecule has 0 saturated carbocycles. The molecule has 0 N–H and O–H groups in total. The van der Waals surface area contributed by atoms with Crippen molar-refractivity contribution in [2.75, 3.05) is 6.26 Å². The topological polar surface area (TPSA) is 77.2 Å². The molecule has 0 unspecified atom stereocenters. The van der Waals surface area contributed by atoms with Gasteiger partial charge in [0.2, 0.25) is 0 Å². The average Bonchev–Trinajstić information content (AvgIpc) is 2.89. The third-order valence-electron chi connectivity index (χ3n) is 2.65. The fourth-order valence-electron chi connectivity index (χ4n) is 1.67. The van der Waals surface area contributed by atoms with Gasteiger partial charge in [-0.15, -0.1) is 0 Å². The first kappa shape index (κ1) is 15.2. The summed E-state index contributed by atoms with van der Waals surface area (Å²) < 4.78 is 65.7. The van der Waals surface area contributed by atoms with Gasteiger partial charge < -0.3 is 4.52 Å². The molecule has 0 amide bonds. The van der Waals surface area contributed by atoms with Crippen LogP contribution in [0.25, 0.3) is 0 Å². The maximum Gasteiger partial charge on any atom is 0.416 e. The molecule has 2 rings (SSSR count). The number of nitrogens with zero attached hydrogens (tertiary/aromatic N) is 1. The largest absolute Gasteiger partial charge is 0.416 e. The first-order chi connectivity index (χ1) is 9.60. The van der Waals surface area contributed by atoms with Gasteiger partial charge in [0.05, 0.1) is 22.2 Å². The third kappa shape index (κ3) is 3.13. The van der Waals surface area contributed by atoms with Gasteiger partial charge in [0, 0.05) is 11.8 Å². The van der Waals surface area contributed by atoms with Gasteiger partial charge >= 0.3 is 6.18 Å². The lowest BCUT2D eigenvalue weighted by Gasteiger charge is -2.11. The zero-order valence-corrected chi connectivity index (χ0v) is 11.3. The average molecular weight is 319 g/mol. The van der Waals surface area contributed by atoms with Crippen LogP contribution in [-0.4, -0.2) is 25.6 Å². The second kappa shape index (κ2) is 4.99. The number of carbonyl (C=O) groups is 1. The molecule has 0 radical (unpaired) electrons. The molecule has 1 aromatic heterocycles. The number of alkyl halides is 3. The molecule has 0 atom stereocenters. The summed E-state index contributed by atoms with van der Waals surface area (Å²) in [6, 6.07) is 1.92. The van der Waals surface area contributed by atoms with E-state index in [1.54, 1.807) is 0 Å². The van der Waals surface area contributed by atoms with E-state index in [1.165, 1.54) is 0 Å². The van der Waals surface area contributed by atoms with Crippen molar-refractivity contribution in [1.29, 1.82) is 0 Å². The monoisotopic (exact) mass is 319 g/mol. The summed E-state index contributed by atoms with van der Waals surface area (Å²) in [5.41, 5.74) is -1.57. The minimum atomic E-state index is -4.71. The number of aromatic nitrogens is 1. The minimum absolute atomic E-state index is 0.0559. The van der Waals surface area contributed by atoms with Crippen LogP contribution in [0.15, 0.2) is 40.1 Å². The lowest BCUT2D eigenvalue weighted by molar-refractivity contribution is -0.137. The standard InChI is InChI=1S/C12H8F3NO4S/c1-21(18,19)10-4-8(12(13,14)15)2-3-9(10)11(17)7-5-16-20-6-7/h2-6H,1H3. The Bertz CT molecular complexity index is 779. The van der Waals surface area contributed by atoms with Crippen molar-refractivity contribution in [3.63, 3.8) is 0 Å². The van der Waals surface area contributed by atoms with Crippen LogP contribution >= 0.6 is 0 Å². The third-order valence-corrected chi connectivity index (χ3v) is 3.78. The molecule has 5 nitrogen and oxygen atoms in total. The fraction of sp³-hybridized carbons (Fsp3) is 0.167. The quantitative estimate of drug-likeness (QED) is 0.812. The van der Waals surface area contributed by atoms with Crippen LogP contribution in [0.2, 0.25) is 0 Å². The van der Waals surface area contributed by atoms with Gasteiger partial charge in [-0.2, -0.15) is 13.2 Å². The number of carbonyl (C=O) groups excluding carboxylic acids is 1. The number of benzene rings is 1. The molecular formula is C12H8F3NO4S. The first-order valence-corrected chi connectivity index (χ1v) is 7.35. The van der Waals surface area contributed by atoms with Crippen molar-refractivity contribution in [3.05, 3.63) is 47.3 Å². The van der Waals surface area contributed by atoms with Gasteiger partial charge in [0.15, 0.2) is 15.6 Å². The van der Waals surface area contributed by atoms with E-state index in [2.05, 4.69) is 9.68 Å². The summed E-state index contributed by atoms with van der Waals surface area (Å²) in [4.78, 5) is 11.4. The molecule has 2 aromatic rings. The van der Waals surface area contributed by atoms with E-state index < -0.39 is 32.3 Å². The highest BCUT2D eigenvalue weighted by Gasteiger charge is 2.33. The molecule has 0 aliphatic rings. The predicted molar refractivity (Wildman–Crippen MR) is 64.5 cm³/mol. The Balaban J connectivity index is 2.65. The molecule has 1 aromatic carbocycles. The van der Waals surface area contributed by atoms with Crippen LogP contribution in [0, 0.1) is 0 Å². The molecule has 9 heteroatoms. The van der Waals surface area contributed by atoms with Crippen molar-refractivity contribution in [3.8, 4) is 0 Å². The molecule has 0 aliphatic carbocycles. The van der Waals surface area contributed by atoms with Gasteiger partial charge in [0.1, 0.15) is 6.26 Å². The Morgan fingerprint density at radius 3 is 2.43 bits per heavy atom. The fourth-order valence-corrected chi connectivity index (χ4v) is 2.57. The molecule has 0 aliphatic heterocycles. The maximum absolute atomic E-state index is 12.7. The summed E-state index contributed by atoms with van der Waals surface area (Å²) in [5.74, 6) is -0.787. The van der Waals surface area contributed by atoms with E-state index >= 15 is 0 Å². The van der Waals surface area contributed by atoms with Gasteiger partial charge in [-0.3, -0.25) is 4.79 Å². The first-order valence-electron chi connectivity index (χ1n) is 5.46. The number of sulfone groups is 1. The molecule has 112 valence electrons. The molecule has 21 heavy (non-hydrogen) atoms. The summed E-state index contributed by atoms with van der Waals surface area (Å²) in [7, 11) is -4.02. The van der Waals surface area contributed by atoms with Crippen LogP contribution in [0.1, 0.15) is 21.5 Å². The second-order valence-corrected chi connectivity index (χ2v) is 6.21. The normalized spacial score (nSPS) is 12.4. The van der Waals surface area contributed by atoms with Crippen LogP contribution in [0.3, 0.4) is 0 Å². The molecule has 1 heterocycles. The Hall–Kier alpha value is -2.16. The number of halogens is 3. The summed E-state index contributed by atoms with van der Waals surface area (Å²) >= 11 is 0. The molecule has 0 bridgehead atoms. The Morgan fingerprint density at radius 1 is 1.29 bits per heavy atom.